The van der Waals surface area contributed by atoms with Gasteiger partial charge >= 0.3 is 0 Å². The fraction of sp³-hybridized carbons (Fsp3) is 0.917. The van der Waals surface area contributed by atoms with Gasteiger partial charge in [0, 0.05) is 33.4 Å². The van der Waals surface area contributed by atoms with Crippen molar-refractivity contribution in [1.29, 1.82) is 0 Å². The molecule has 6 nitrogen and oxygen atoms in total. The van der Waals surface area contributed by atoms with E-state index in [1.165, 1.54) is 0 Å². The highest BCUT2D eigenvalue weighted by Gasteiger charge is 2.31. The number of methoxy groups -OCH3 is 2. The summed E-state index contributed by atoms with van der Waals surface area (Å²) in [5, 5.41) is 0. The predicted octanol–water partition coefficient (Wildman–Crippen LogP) is -0.0142. The van der Waals surface area contributed by atoms with Gasteiger partial charge in [-0.15, -0.1) is 0 Å². The van der Waals surface area contributed by atoms with E-state index in [4.69, 9.17) is 15.3 Å². The summed E-state index contributed by atoms with van der Waals surface area (Å²) in [4.78, 5) is 13.9. The third kappa shape index (κ3) is 5.77. The Kier molecular flexibility index (Phi) is 8.10. The van der Waals surface area contributed by atoms with E-state index in [9.17, 15) is 4.79 Å². The molecule has 0 saturated carbocycles. The molecule has 0 fully saturated rings. The van der Waals surface area contributed by atoms with Crippen LogP contribution in [-0.4, -0.2) is 57.4 Å². The molecule has 6 heteroatoms. The highest BCUT2D eigenvalue weighted by Crippen LogP contribution is 2.18. The van der Waals surface area contributed by atoms with Crippen molar-refractivity contribution < 1.29 is 14.3 Å². The Labute approximate surface area is 110 Å². The lowest BCUT2D eigenvalue weighted by atomic mass is 9.91. The fourth-order valence-corrected chi connectivity index (χ4v) is 1.79. The smallest absolute Gasteiger partial charge is 0.240 e. The monoisotopic (exact) mass is 261 g/mol. The number of hydrazine groups is 1. The number of hydrogen-bond donors (Lipinski definition) is 2. The molecule has 0 aliphatic heterocycles. The topological polar surface area (TPSA) is 76.8 Å². The summed E-state index contributed by atoms with van der Waals surface area (Å²) in [6.07, 6.45) is 0. The predicted molar refractivity (Wildman–Crippen MR) is 70.9 cm³/mol. The van der Waals surface area contributed by atoms with Crippen LogP contribution in [0.2, 0.25) is 0 Å². The standard InChI is InChI=1S/C12H27N3O3/c1-10(8-18-5)15(6-7-17-4)9-12(2,3)11(16)14-13/h10H,6-9,13H2,1-5H3,(H,14,16). The zero-order valence-electron chi connectivity index (χ0n) is 12.2. The van der Waals surface area contributed by atoms with Gasteiger partial charge in [0.1, 0.15) is 0 Å². The van der Waals surface area contributed by atoms with Gasteiger partial charge in [0.15, 0.2) is 0 Å². The number of nitrogens with one attached hydrogen (secondary N) is 1. The van der Waals surface area contributed by atoms with Crippen molar-refractivity contribution in [3.8, 4) is 0 Å². The largest absolute Gasteiger partial charge is 0.383 e. The van der Waals surface area contributed by atoms with E-state index in [1.54, 1.807) is 14.2 Å². The molecule has 108 valence electrons. The molecule has 0 spiro atoms. The number of nitrogens with zero attached hydrogens (tertiary/aromatic N) is 1. The second-order valence-electron chi connectivity index (χ2n) is 5.12. The van der Waals surface area contributed by atoms with Crippen molar-refractivity contribution in [1.82, 2.24) is 10.3 Å². The fourth-order valence-electron chi connectivity index (χ4n) is 1.79. The van der Waals surface area contributed by atoms with Crippen molar-refractivity contribution in [3.05, 3.63) is 0 Å². The highest BCUT2D eigenvalue weighted by molar-refractivity contribution is 5.81. The Morgan fingerprint density at radius 2 is 2.00 bits per heavy atom. The Morgan fingerprint density at radius 3 is 2.44 bits per heavy atom. The minimum absolute atomic E-state index is 0.172. The zero-order chi connectivity index (χ0) is 14.2. The minimum atomic E-state index is -0.551. The van der Waals surface area contributed by atoms with Crippen LogP contribution < -0.4 is 11.3 Å². The van der Waals surface area contributed by atoms with Crippen LogP contribution in [-0.2, 0) is 14.3 Å². The van der Waals surface area contributed by atoms with E-state index in [0.717, 1.165) is 6.54 Å². The second kappa shape index (κ2) is 8.42. The van der Waals surface area contributed by atoms with Gasteiger partial charge in [0.25, 0.3) is 0 Å². The summed E-state index contributed by atoms with van der Waals surface area (Å²) < 4.78 is 10.3. The van der Waals surface area contributed by atoms with Gasteiger partial charge in [-0.1, -0.05) is 0 Å². The van der Waals surface area contributed by atoms with Crippen molar-refractivity contribution in [2.75, 3.05) is 40.5 Å². The molecule has 1 amide bonds. The van der Waals surface area contributed by atoms with Crippen LogP contribution >= 0.6 is 0 Å². The molecule has 0 aliphatic carbocycles. The molecule has 1 unspecified atom stereocenters. The first-order chi connectivity index (χ1) is 8.38. The Balaban J connectivity index is 4.60. The number of ether oxygens (including phenoxy) is 2. The first-order valence-electron chi connectivity index (χ1n) is 6.12. The van der Waals surface area contributed by atoms with Crippen LogP contribution in [0.1, 0.15) is 20.8 Å². The zero-order valence-corrected chi connectivity index (χ0v) is 12.2. The SMILES string of the molecule is COCCN(CC(C)(C)C(=O)NN)C(C)COC. The first kappa shape index (κ1) is 17.3. The van der Waals surface area contributed by atoms with Crippen molar-refractivity contribution in [2.24, 2.45) is 11.3 Å². The maximum absolute atomic E-state index is 11.7. The molecule has 0 rings (SSSR count). The van der Waals surface area contributed by atoms with Gasteiger partial charge in [-0.3, -0.25) is 15.1 Å². The molecule has 0 aromatic carbocycles. The van der Waals surface area contributed by atoms with Crippen LogP contribution in [0.5, 0.6) is 0 Å². The minimum Gasteiger partial charge on any atom is -0.383 e. The van der Waals surface area contributed by atoms with Crippen LogP contribution in [0.15, 0.2) is 0 Å². The molecule has 0 radical (unpaired) electrons. The van der Waals surface area contributed by atoms with Crippen molar-refractivity contribution in [2.45, 2.75) is 26.8 Å². The van der Waals surface area contributed by atoms with Crippen LogP contribution in [0.25, 0.3) is 0 Å². The summed E-state index contributed by atoms with van der Waals surface area (Å²) in [5.74, 6) is 5.03. The number of hydrogen-bond acceptors (Lipinski definition) is 5. The summed E-state index contributed by atoms with van der Waals surface area (Å²) >= 11 is 0. The van der Waals surface area contributed by atoms with Crippen LogP contribution in [0.4, 0.5) is 0 Å². The summed E-state index contributed by atoms with van der Waals surface area (Å²) in [5.41, 5.74) is 1.66. The lowest BCUT2D eigenvalue weighted by Gasteiger charge is -2.34. The molecular formula is C12H27N3O3. The van der Waals surface area contributed by atoms with E-state index < -0.39 is 5.41 Å². The molecule has 3 N–H and O–H groups in total. The quantitative estimate of drug-likeness (QED) is 0.347. The molecular weight excluding hydrogens is 234 g/mol. The molecule has 0 aliphatic rings. The Hall–Kier alpha value is -0.690. The molecule has 0 saturated heterocycles. The Morgan fingerprint density at radius 1 is 1.39 bits per heavy atom. The maximum atomic E-state index is 11.7. The molecule has 18 heavy (non-hydrogen) atoms. The van der Waals surface area contributed by atoms with E-state index in [2.05, 4.69) is 17.2 Å². The number of amides is 1. The van der Waals surface area contributed by atoms with E-state index in [0.29, 0.717) is 19.8 Å². The molecule has 0 bridgehead atoms. The second-order valence-corrected chi connectivity index (χ2v) is 5.12. The van der Waals surface area contributed by atoms with E-state index >= 15 is 0 Å². The third-order valence-electron chi connectivity index (χ3n) is 2.96. The van der Waals surface area contributed by atoms with Crippen LogP contribution in [0, 0.1) is 5.41 Å². The van der Waals surface area contributed by atoms with Crippen molar-refractivity contribution >= 4 is 5.91 Å². The van der Waals surface area contributed by atoms with Gasteiger partial charge < -0.3 is 9.47 Å². The average molecular weight is 261 g/mol. The number of nitrogens with two attached hydrogens (primary N) is 1. The number of carbonyl (C=O) groups is 1. The average Bonchev–Trinajstić information content (AvgIpc) is 2.33. The molecule has 0 aromatic heterocycles. The molecule has 0 aromatic rings. The maximum Gasteiger partial charge on any atom is 0.240 e. The van der Waals surface area contributed by atoms with E-state index in [1.807, 2.05) is 13.8 Å². The lowest BCUT2D eigenvalue weighted by molar-refractivity contribution is -0.131. The summed E-state index contributed by atoms with van der Waals surface area (Å²) in [7, 11) is 3.33. The molecule has 1 atom stereocenters. The van der Waals surface area contributed by atoms with Gasteiger partial charge in [-0.2, -0.15) is 0 Å². The summed E-state index contributed by atoms with van der Waals surface area (Å²) in [6, 6.07) is 0.218. The summed E-state index contributed by atoms with van der Waals surface area (Å²) in [6.45, 7) is 8.39. The van der Waals surface area contributed by atoms with Gasteiger partial charge in [-0.25, -0.2) is 5.84 Å². The van der Waals surface area contributed by atoms with Crippen LogP contribution in [0.3, 0.4) is 0 Å². The third-order valence-corrected chi connectivity index (χ3v) is 2.96. The Bertz CT molecular complexity index is 247. The molecule has 0 heterocycles. The highest BCUT2D eigenvalue weighted by atomic mass is 16.5. The van der Waals surface area contributed by atoms with E-state index in [-0.39, 0.29) is 11.9 Å². The van der Waals surface area contributed by atoms with Gasteiger partial charge in [-0.05, 0) is 20.8 Å². The van der Waals surface area contributed by atoms with Gasteiger partial charge in [0.2, 0.25) is 5.91 Å². The number of rotatable bonds is 9. The number of carbonyl (C=O) groups excluding carboxylic acids is 1. The van der Waals surface area contributed by atoms with Crippen molar-refractivity contribution in [3.63, 3.8) is 0 Å². The lowest BCUT2D eigenvalue weighted by Crippen LogP contribution is -2.50. The first-order valence-corrected chi connectivity index (χ1v) is 6.12. The van der Waals surface area contributed by atoms with Gasteiger partial charge in [0.05, 0.1) is 18.6 Å². The normalized spacial score (nSPS) is 13.7.